The second-order valence-electron chi connectivity index (χ2n) is 4.50. The third kappa shape index (κ3) is 3.35. The molecule has 0 aliphatic rings. The van der Waals surface area contributed by atoms with Crippen LogP contribution in [0.3, 0.4) is 0 Å². The Labute approximate surface area is 135 Å². The molecule has 23 heavy (non-hydrogen) atoms. The largest absolute Gasteiger partial charge is 0.618 e. The molecular formula is C13H10ClF3N2O3S. The summed E-state index contributed by atoms with van der Waals surface area (Å²) in [5.74, 6) is 0. The van der Waals surface area contributed by atoms with Gasteiger partial charge in [-0.05, 0) is 18.2 Å². The number of para-hydroxylation sites is 1. The second-order valence-corrected chi connectivity index (χ2v) is 6.85. The van der Waals surface area contributed by atoms with Gasteiger partial charge in [-0.25, -0.2) is 0 Å². The van der Waals surface area contributed by atoms with Crippen LogP contribution < -0.4 is 9.04 Å². The van der Waals surface area contributed by atoms with E-state index in [0.29, 0.717) is 4.31 Å². The van der Waals surface area contributed by atoms with E-state index < -0.39 is 32.5 Å². The Morgan fingerprint density at radius 3 is 2.35 bits per heavy atom. The summed E-state index contributed by atoms with van der Waals surface area (Å²) >= 11 is 5.57. The molecule has 0 fully saturated rings. The molecule has 0 unspecified atom stereocenters. The fourth-order valence-corrected chi connectivity index (χ4v) is 3.27. The van der Waals surface area contributed by atoms with Crippen LogP contribution in [0.15, 0.2) is 47.6 Å². The Morgan fingerprint density at radius 1 is 1.17 bits per heavy atom. The molecule has 0 aliphatic heterocycles. The Kier molecular flexibility index (Phi) is 4.45. The molecule has 0 N–H and O–H groups in total. The molecule has 0 amide bonds. The number of aromatic nitrogens is 1. The third-order valence-electron chi connectivity index (χ3n) is 3.02. The summed E-state index contributed by atoms with van der Waals surface area (Å²) in [6.45, 7) is 0. The molecule has 0 atom stereocenters. The van der Waals surface area contributed by atoms with Crippen molar-refractivity contribution in [2.45, 2.75) is 11.2 Å². The molecule has 124 valence electrons. The number of benzene rings is 1. The molecule has 10 heteroatoms. The summed E-state index contributed by atoms with van der Waals surface area (Å²) in [6, 6.07) is 6.26. The zero-order valence-corrected chi connectivity index (χ0v) is 13.2. The van der Waals surface area contributed by atoms with Crippen LogP contribution in [-0.2, 0) is 16.2 Å². The van der Waals surface area contributed by atoms with Gasteiger partial charge in [0.05, 0.1) is 11.3 Å². The first-order valence-corrected chi connectivity index (χ1v) is 7.91. The second kappa shape index (κ2) is 5.89. The lowest BCUT2D eigenvalue weighted by molar-refractivity contribution is -0.646. The summed E-state index contributed by atoms with van der Waals surface area (Å²) in [5.41, 5.74) is -1.72. The maximum absolute atomic E-state index is 13.0. The van der Waals surface area contributed by atoms with E-state index in [2.05, 4.69) is 0 Å². The van der Waals surface area contributed by atoms with E-state index in [0.717, 1.165) is 43.6 Å². The predicted octanol–water partition coefficient (Wildman–Crippen LogP) is 2.82. The van der Waals surface area contributed by atoms with Crippen molar-refractivity contribution in [3.63, 3.8) is 0 Å². The number of halogens is 4. The maximum atomic E-state index is 13.0. The summed E-state index contributed by atoms with van der Waals surface area (Å²) in [5, 5.41) is 11.0. The van der Waals surface area contributed by atoms with Gasteiger partial charge in [0.25, 0.3) is 0 Å². The lowest BCUT2D eigenvalue weighted by Crippen LogP contribution is -2.40. The van der Waals surface area contributed by atoms with Crippen molar-refractivity contribution < 1.29 is 26.3 Å². The summed E-state index contributed by atoms with van der Waals surface area (Å²) in [7, 11) is -3.56. The van der Waals surface area contributed by atoms with Crippen molar-refractivity contribution in [2.75, 3.05) is 11.4 Å². The van der Waals surface area contributed by atoms with E-state index in [1.54, 1.807) is 0 Å². The van der Waals surface area contributed by atoms with Crippen LogP contribution in [0, 0.1) is 5.21 Å². The number of pyridine rings is 1. The predicted molar refractivity (Wildman–Crippen MR) is 77.4 cm³/mol. The van der Waals surface area contributed by atoms with Crippen LogP contribution in [-0.4, -0.2) is 15.5 Å². The van der Waals surface area contributed by atoms with Gasteiger partial charge in [0.1, 0.15) is 5.02 Å². The average Bonchev–Trinajstić information content (AvgIpc) is 2.45. The quantitative estimate of drug-likeness (QED) is 0.620. The molecule has 1 aromatic carbocycles. The van der Waals surface area contributed by atoms with Gasteiger partial charge in [0.2, 0.25) is 0 Å². The number of nitrogens with zero attached hydrogens (tertiary/aromatic N) is 2. The SMILES string of the molecule is CN(c1ccccc1C(F)(F)F)S(=O)(=O)c1ccc(Cl)c[n+]1[O-]. The zero-order valence-electron chi connectivity index (χ0n) is 11.6. The molecule has 0 saturated carbocycles. The lowest BCUT2D eigenvalue weighted by atomic mass is 10.2. The Morgan fingerprint density at radius 2 is 1.78 bits per heavy atom. The highest BCUT2D eigenvalue weighted by Gasteiger charge is 2.38. The molecular weight excluding hydrogens is 357 g/mol. The van der Waals surface area contributed by atoms with Gasteiger partial charge >= 0.3 is 21.2 Å². The maximum Gasteiger partial charge on any atom is 0.418 e. The zero-order chi connectivity index (χ0) is 17.4. The van der Waals surface area contributed by atoms with Crippen LogP contribution in [0.5, 0.6) is 0 Å². The van der Waals surface area contributed by atoms with E-state index in [-0.39, 0.29) is 9.75 Å². The number of hydrogen-bond acceptors (Lipinski definition) is 3. The van der Waals surface area contributed by atoms with E-state index in [1.165, 1.54) is 6.07 Å². The number of hydrogen-bond donors (Lipinski definition) is 0. The minimum Gasteiger partial charge on any atom is -0.618 e. The molecule has 1 heterocycles. The fourth-order valence-electron chi connectivity index (χ4n) is 1.90. The molecule has 5 nitrogen and oxygen atoms in total. The molecule has 2 aromatic rings. The number of sulfonamides is 1. The highest BCUT2D eigenvalue weighted by molar-refractivity contribution is 7.92. The Bertz CT molecular complexity index is 841. The minimum atomic E-state index is -4.74. The molecule has 0 aliphatic carbocycles. The van der Waals surface area contributed by atoms with Gasteiger partial charge < -0.3 is 5.21 Å². The average molecular weight is 367 g/mol. The van der Waals surface area contributed by atoms with Crippen LogP contribution in [0.25, 0.3) is 0 Å². The normalized spacial score (nSPS) is 12.2. The number of alkyl halides is 3. The Balaban J connectivity index is 2.58. The monoisotopic (exact) mass is 366 g/mol. The highest BCUT2D eigenvalue weighted by Crippen LogP contribution is 2.37. The van der Waals surface area contributed by atoms with Crippen molar-refractivity contribution >= 4 is 27.3 Å². The molecule has 2 rings (SSSR count). The molecule has 0 spiro atoms. The van der Waals surface area contributed by atoms with Gasteiger partial charge in [-0.1, -0.05) is 23.7 Å². The van der Waals surface area contributed by atoms with E-state index >= 15 is 0 Å². The third-order valence-corrected chi connectivity index (χ3v) is 5.00. The first kappa shape index (κ1) is 17.4. The first-order valence-electron chi connectivity index (χ1n) is 6.09. The van der Waals surface area contributed by atoms with Crippen molar-refractivity contribution in [3.05, 3.63) is 58.4 Å². The van der Waals surface area contributed by atoms with Gasteiger partial charge in [-0.15, -0.1) is 0 Å². The topological polar surface area (TPSA) is 64.3 Å². The van der Waals surface area contributed by atoms with Gasteiger partial charge in [-0.2, -0.15) is 26.3 Å². The van der Waals surface area contributed by atoms with Gasteiger partial charge in [0.15, 0.2) is 6.20 Å². The van der Waals surface area contributed by atoms with Crippen LogP contribution in [0.4, 0.5) is 18.9 Å². The minimum absolute atomic E-state index is 0.00250. The standard InChI is InChI=1S/C13H10ClF3N2O3S/c1-18(11-5-3-2-4-10(11)13(15,16)17)23(21,22)12-7-6-9(14)8-19(12)20/h2-8H,1H3. The molecule has 0 saturated heterocycles. The molecule has 0 bridgehead atoms. The highest BCUT2D eigenvalue weighted by atomic mass is 35.5. The Hall–Kier alpha value is -2.00. The number of anilines is 1. The lowest BCUT2D eigenvalue weighted by Gasteiger charge is -2.22. The van der Waals surface area contributed by atoms with Crippen LogP contribution in [0.2, 0.25) is 5.02 Å². The molecule has 1 aromatic heterocycles. The smallest absolute Gasteiger partial charge is 0.418 e. The van der Waals surface area contributed by atoms with Gasteiger partial charge in [-0.3, -0.25) is 4.31 Å². The van der Waals surface area contributed by atoms with E-state index in [9.17, 15) is 26.8 Å². The van der Waals surface area contributed by atoms with Crippen molar-refractivity contribution in [2.24, 2.45) is 0 Å². The number of rotatable bonds is 3. The van der Waals surface area contributed by atoms with Crippen LogP contribution >= 0.6 is 11.6 Å². The van der Waals surface area contributed by atoms with E-state index in [4.69, 9.17) is 11.6 Å². The fraction of sp³-hybridized carbons (Fsp3) is 0.154. The molecule has 0 radical (unpaired) electrons. The summed E-state index contributed by atoms with van der Waals surface area (Å²) in [6.07, 6.45) is -3.94. The van der Waals surface area contributed by atoms with Gasteiger partial charge in [0, 0.05) is 13.1 Å². The van der Waals surface area contributed by atoms with Crippen LogP contribution in [0.1, 0.15) is 5.56 Å². The van der Waals surface area contributed by atoms with E-state index in [1.807, 2.05) is 0 Å². The summed E-state index contributed by atoms with van der Waals surface area (Å²) < 4.78 is 64.4. The van der Waals surface area contributed by atoms with Crippen molar-refractivity contribution in [3.8, 4) is 0 Å². The first-order chi connectivity index (χ1) is 10.5. The summed E-state index contributed by atoms with van der Waals surface area (Å²) in [4.78, 5) is 0. The van der Waals surface area contributed by atoms with Crippen molar-refractivity contribution in [1.29, 1.82) is 0 Å². The van der Waals surface area contributed by atoms with Crippen molar-refractivity contribution in [1.82, 2.24) is 0 Å².